The van der Waals surface area contributed by atoms with E-state index in [0.717, 1.165) is 6.42 Å². The molecule has 8 heteroatoms. The summed E-state index contributed by atoms with van der Waals surface area (Å²) in [5.41, 5.74) is 1.17. The normalized spacial score (nSPS) is 26.4. The van der Waals surface area contributed by atoms with E-state index < -0.39 is 10.0 Å². The van der Waals surface area contributed by atoms with E-state index >= 15 is 0 Å². The topological polar surface area (TPSA) is 86.8 Å². The van der Waals surface area contributed by atoms with Gasteiger partial charge in [-0.1, -0.05) is 25.5 Å². The first kappa shape index (κ1) is 22.9. The van der Waals surface area contributed by atoms with Gasteiger partial charge in [0.25, 0.3) is 0 Å². The summed E-state index contributed by atoms with van der Waals surface area (Å²) in [6, 6.07) is 0. The lowest BCUT2D eigenvalue weighted by atomic mass is 9.70. The molecule has 1 heterocycles. The molecule has 2 aliphatic rings. The van der Waals surface area contributed by atoms with Crippen LogP contribution in [-0.2, 0) is 19.6 Å². The molecule has 0 radical (unpaired) electrons. The quantitative estimate of drug-likeness (QED) is 0.668. The molecule has 1 fully saturated rings. The van der Waals surface area contributed by atoms with Crippen molar-refractivity contribution >= 4 is 21.8 Å². The van der Waals surface area contributed by atoms with E-state index in [4.69, 9.17) is 0 Å². The van der Waals surface area contributed by atoms with Crippen molar-refractivity contribution < 1.29 is 18.0 Å². The predicted molar refractivity (Wildman–Crippen MR) is 110 cm³/mol. The molecule has 1 aliphatic heterocycles. The minimum absolute atomic E-state index is 0.0617. The molecule has 1 aliphatic carbocycles. The predicted octanol–water partition coefficient (Wildman–Crippen LogP) is 1.47. The summed E-state index contributed by atoms with van der Waals surface area (Å²) in [4.78, 5) is 27.9. The standard InChI is InChI=1S/C20H35N3O4S/c1-14(2)19-11-17(15(3)10-18(19)13-21-28(5,26)27)12-20(25)23-8-6-22(7-9-23)16(4)24/h10,14,17-19,21H,6-9,11-13H2,1-5H3. The van der Waals surface area contributed by atoms with Crippen LogP contribution in [0.3, 0.4) is 0 Å². The molecule has 1 N–H and O–H groups in total. The van der Waals surface area contributed by atoms with E-state index in [-0.39, 0.29) is 23.7 Å². The molecule has 3 unspecified atom stereocenters. The number of sulfonamides is 1. The highest BCUT2D eigenvalue weighted by Crippen LogP contribution is 2.39. The van der Waals surface area contributed by atoms with Crippen molar-refractivity contribution in [3.63, 3.8) is 0 Å². The summed E-state index contributed by atoms with van der Waals surface area (Å²) in [5.74, 6) is 1.31. The molecule has 3 atom stereocenters. The van der Waals surface area contributed by atoms with E-state index in [1.807, 2.05) is 4.90 Å². The van der Waals surface area contributed by atoms with Gasteiger partial charge < -0.3 is 9.80 Å². The van der Waals surface area contributed by atoms with Gasteiger partial charge in [0.1, 0.15) is 0 Å². The van der Waals surface area contributed by atoms with Crippen LogP contribution in [0.5, 0.6) is 0 Å². The first-order chi connectivity index (χ1) is 13.0. The van der Waals surface area contributed by atoms with Gasteiger partial charge in [-0.3, -0.25) is 9.59 Å². The van der Waals surface area contributed by atoms with Crippen LogP contribution in [0.15, 0.2) is 11.6 Å². The minimum Gasteiger partial charge on any atom is -0.339 e. The lowest BCUT2D eigenvalue weighted by molar-refractivity contribution is -0.139. The number of rotatable bonds is 6. The largest absolute Gasteiger partial charge is 0.339 e. The van der Waals surface area contributed by atoms with Gasteiger partial charge >= 0.3 is 0 Å². The Hall–Kier alpha value is -1.41. The average molecular weight is 414 g/mol. The maximum atomic E-state index is 12.8. The number of amides is 2. The summed E-state index contributed by atoms with van der Waals surface area (Å²) >= 11 is 0. The minimum atomic E-state index is -3.22. The van der Waals surface area contributed by atoms with Crippen molar-refractivity contribution in [1.82, 2.24) is 14.5 Å². The zero-order valence-electron chi connectivity index (χ0n) is 17.8. The van der Waals surface area contributed by atoms with Crippen molar-refractivity contribution in [2.24, 2.45) is 23.7 Å². The first-order valence-electron chi connectivity index (χ1n) is 10.1. The molecule has 0 aromatic rings. The highest BCUT2D eigenvalue weighted by atomic mass is 32.2. The Morgan fingerprint density at radius 3 is 2.25 bits per heavy atom. The number of allylic oxidation sites excluding steroid dienone is 1. The fourth-order valence-electron chi connectivity index (χ4n) is 4.37. The summed E-state index contributed by atoms with van der Waals surface area (Å²) in [6.45, 7) is 10.8. The molecular weight excluding hydrogens is 378 g/mol. The maximum absolute atomic E-state index is 12.8. The Balaban J connectivity index is 2.00. The Labute approximate surface area is 169 Å². The molecular formula is C20H35N3O4S. The van der Waals surface area contributed by atoms with Crippen molar-refractivity contribution in [3.05, 3.63) is 11.6 Å². The van der Waals surface area contributed by atoms with Crippen LogP contribution < -0.4 is 4.72 Å². The third-order valence-corrected chi connectivity index (χ3v) is 6.85. The lowest BCUT2D eigenvalue weighted by Gasteiger charge is -2.39. The Morgan fingerprint density at radius 2 is 1.75 bits per heavy atom. The molecule has 160 valence electrons. The number of piperazine rings is 1. The van der Waals surface area contributed by atoms with Gasteiger partial charge in [-0.2, -0.15) is 0 Å². The van der Waals surface area contributed by atoms with Crippen LogP contribution in [0.4, 0.5) is 0 Å². The SMILES string of the molecule is CC(=O)N1CCN(C(=O)CC2CC(C(C)C)C(CNS(C)(=O)=O)C=C2C)CC1. The number of hydrogen-bond donors (Lipinski definition) is 1. The van der Waals surface area contributed by atoms with Crippen LogP contribution in [0, 0.1) is 23.7 Å². The smallest absolute Gasteiger partial charge is 0.223 e. The third kappa shape index (κ3) is 6.30. The number of carbonyl (C=O) groups is 2. The molecule has 1 saturated heterocycles. The van der Waals surface area contributed by atoms with Gasteiger partial charge in [0.15, 0.2) is 0 Å². The summed E-state index contributed by atoms with van der Waals surface area (Å²) in [5, 5.41) is 0. The van der Waals surface area contributed by atoms with E-state index in [1.54, 1.807) is 11.8 Å². The highest BCUT2D eigenvalue weighted by Gasteiger charge is 2.34. The highest BCUT2D eigenvalue weighted by molar-refractivity contribution is 7.88. The zero-order chi connectivity index (χ0) is 21.1. The van der Waals surface area contributed by atoms with Crippen molar-refractivity contribution in [3.8, 4) is 0 Å². The summed E-state index contributed by atoms with van der Waals surface area (Å²) < 4.78 is 25.6. The summed E-state index contributed by atoms with van der Waals surface area (Å²) in [7, 11) is -3.22. The van der Waals surface area contributed by atoms with E-state index in [0.29, 0.717) is 51.0 Å². The average Bonchev–Trinajstić information content (AvgIpc) is 2.60. The van der Waals surface area contributed by atoms with Crippen LogP contribution in [0.2, 0.25) is 0 Å². The molecule has 0 spiro atoms. The molecule has 28 heavy (non-hydrogen) atoms. The van der Waals surface area contributed by atoms with Crippen LogP contribution >= 0.6 is 0 Å². The fourth-order valence-corrected chi connectivity index (χ4v) is 4.86. The molecule has 2 amide bonds. The monoisotopic (exact) mass is 413 g/mol. The van der Waals surface area contributed by atoms with Crippen molar-refractivity contribution in [2.75, 3.05) is 39.0 Å². The Morgan fingerprint density at radius 1 is 1.18 bits per heavy atom. The van der Waals surface area contributed by atoms with Gasteiger partial charge in [-0.25, -0.2) is 13.1 Å². The Bertz CT molecular complexity index is 709. The molecule has 0 bridgehead atoms. The first-order valence-corrected chi connectivity index (χ1v) is 12.0. The Kier molecular flexibility index (Phi) is 7.67. The molecule has 7 nitrogen and oxygen atoms in total. The van der Waals surface area contributed by atoms with Crippen LogP contribution in [0.1, 0.15) is 40.5 Å². The number of hydrogen-bond acceptors (Lipinski definition) is 4. The maximum Gasteiger partial charge on any atom is 0.223 e. The van der Waals surface area contributed by atoms with Gasteiger partial charge in [0.2, 0.25) is 21.8 Å². The second-order valence-electron chi connectivity index (χ2n) is 8.63. The van der Waals surface area contributed by atoms with Gasteiger partial charge in [0.05, 0.1) is 6.26 Å². The zero-order valence-corrected chi connectivity index (χ0v) is 18.6. The van der Waals surface area contributed by atoms with Crippen molar-refractivity contribution in [1.29, 1.82) is 0 Å². The second-order valence-corrected chi connectivity index (χ2v) is 10.5. The van der Waals surface area contributed by atoms with Crippen LogP contribution in [-0.4, -0.2) is 69.0 Å². The second kappa shape index (κ2) is 9.39. The van der Waals surface area contributed by atoms with E-state index in [1.165, 1.54) is 11.8 Å². The molecule has 0 aromatic heterocycles. The number of nitrogens with one attached hydrogen (secondary N) is 1. The molecule has 0 saturated carbocycles. The number of nitrogens with zero attached hydrogens (tertiary/aromatic N) is 2. The van der Waals surface area contributed by atoms with Gasteiger partial charge in [-0.05, 0) is 37.0 Å². The summed E-state index contributed by atoms with van der Waals surface area (Å²) in [6.07, 6.45) is 4.73. The molecule has 2 rings (SSSR count). The lowest BCUT2D eigenvalue weighted by Crippen LogP contribution is -2.50. The molecule has 0 aromatic carbocycles. The van der Waals surface area contributed by atoms with Gasteiger partial charge in [-0.15, -0.1) is 0 Å². The van der Waals surface area contributed by atoms with E-state index in [9.17, 15) is 18.0 Å². The van der Waals surface area contributed by atoms with E-state index in [2.05, 4.69) is 31.6 Å². The fraction of sp³-hybridized carbons (Fsp3) is 0.800. The van der Waals surface area contributed by atoms with Crippen molar-refractivity contribution in [2.45, 2.75) is 40.5 Å². The third-order valence-electron chi connectivity index (χ3n) is 6.16. The number of carbonyl (C=O) groups excluding carboxylic acids is 2. The van der Waals surface area contributed by atoms with Gasteiger partial charge in [0, 0.05) is 46.1 Å². The van der Waals surface area contributed by atoms with Crippen LogP contribution in [0.25, 0.3) is 0 Å².